The lowest BCUT2D eigenvalue weighted by Crippen LogP contribution is -2.29. The third-order valence-electron chi connectivity index (χ3n) is 5.13. The lowest BCUT2D eigenvalue weighted by atomic mass is 9.87. The summed E-state index contributed by atoms with van der Waals surface area (Å²) in [5.41, 5.74) is 3.14. The maximum absolute atomic E-state index is 14.6. The van der Waals surface area contributed by atoms with Gasteiger partial charge in [0.1, 0.15) is 5.82 Å². The Bertz CT molecular complexity index is 615. The van der Waals surface area contributed by atoms with Crippen LogP contribution in [0.5, 0.6) is 0 Å². The van der Waals surface area contributed by atoms with Crippen LogP contribution in [-0.2, 0) is 6.42 Å². The van der Waals surface area contributed by atoms with Gasteiger partial charge in [-0.3, -0.25) is 4.99 Å². The minimum absolute atomic E-state index is 0.0303. The van der Waals surface area contributed by atoms with E-state index in [-0.39, 0.29) is 5.82 Å². The summed E-state index contributed by atoms with van der Waals surface area (Å²) in [4.78, 5) is 6.65. The quantitative estimate of drug-likeness (QED) is 0.891. The van der Waals surface area contributed by atoms with E-state index in [1.54, 1.807) is 6.07 Å². The number of aliphatic imine (C=N–C) groups is 1. The molecular formula is C20H28FN3. The minimum Gasteiger partial charge on any atom is -0.387 e. The van der Waals surface area contributed by atoms with Crippen LogP contribution < -0.4 is 5.32 Å². The lowest BCUT2D eigenvalue weighted by molar-refractivity contribution is 0.253. The molecule has 2 aliphatic heterocycles. The SMILES string of the molecule is CCNC1=CN=CC(Cc2ccc(C3CCN(C)CC3)c(F)c2)C1. The summed E-state index contributed by atoms with van der Waals surface area (Å²) in [6.45, 7) is 5.12. The van der Waals surface area contributed by atoms with Gasteiger partial charge >= 0.3 is 0 Å². The zero-order chi connectivity index (χ0) is 16.9. The molecule has 130 valence electrons. The molecular weight excluding hydrogens is 301 g/mol. The molecule has 3 nitrogen and oxygen atoms in total. The second-order valence-electron chi connectivity index (χ2n) is 7.08. The first kappa shape index (κ1) is 17.2. The monoisotopic (exact) mass is 329 g/mol. The highest BCUT2D eigenvalue weighted by molar-refractivity contribution is 5.64. The van der Waals surface area contributed by atoms with Crippen molar-refractivity contribution in [2.45, 2.75) is 38.5 Å². The van der Waals surface area contributed by atoms with Crippen molar-refractivity contribution in [2.24, 2.45) is 10.9 Å². The maximum Gasteiger partial charge on any atom is 0.126 e. The molecule has 4 heteroatoms. The van der Waals surface area contributed by atoms with Crippen LogP contribution in [0.1, 0.15) is 43.2 Å². The van der Waals surface area contributed by atoms with Gasteiger partial charge in [0.15, 0.2) is 0 Å². The summed E-state index contributed by atoms with van der Waals surface area (Å²) in [6.07, 6.45) is 7.79. The number of hydrogen-bond donors (Lipinski definition) is 1. The van der Waals surface area contributed by atoms with Crippen molar-refractivity contribution < 1.29 is 4.39 Å². The van der Waals surface area contributed by atoms with Crippen molar-refractivity contribution in [1.82, 2.24) is 10.2 Å². The smallest absolute Gasteiger partial charge is 0.126 e. The first-order valence-electron chi connectivity index (χ1n) is 9.08. The van der Waals surface area contributed by atoms with E-state index in [0.29, 0.717) is 11.8 Å². The van der Waals surface area contributed by atoms with Crippen LogP contribution in [0, 0.1) is 11.7 Å². The van der Waals surface area contributed by atoms with Gasteiger partial charge in [0, 0.05) is 30.6 Å². The van der Waals surface area contributed by atoms with Gasteiger partial charge in [0.05, 0.1) is 0 Å². The average molecular weight is 329 g/mol. The van der Waals surface area contributed by atoms with Gasteiger partial charge in [0.2, 0.25) is 0 Å². The third kappa shape index (κ3) is 4.23. The molecule has 0 saturated carbocycles. The molecule has 1 aromatic rings. The third-order valence-corrected chi connectivity index (χ3v) is 5.13. The first-order chi connectivity index (χ1) is 11.7. The molecule has 2 aliphatic rings. The van der Waals surface area contributed by atoms with Gasteiger partial charge in [-0.15, -0.1) is 0 Å². The highest BCUT2D eigenvalue weighted by atomic mass is 19.1. The summed E-state index contributed by atoms with van der Waals surface area (Å²) in [5, 5.41) is 3.34. The van der Waals surface area contributed by atoms with Crippen molar-refractivity contribution >= 4 is 6.21 Å². The van der Waals surface area contributed by atoms with Crippen molar-refractivity contribution in [2.75, 3.05) is 26.7 Å². The Labute approximate surface area is 144 Å². The van der Waals surface area contributed by atoms with Gasteiger partial charge in [-0.05, 0) is 75.9 Å². The van der Waals surface area contributed by atoms with Crippen molar-refractivity contribution in [3.63, 3.8) is 0 Å². The van der Waals surface area contributed by atoms with Gasteiger partial charge in [0.25, 0.3) is 0 Å². The summed E-state index contributed by atoms with van der Waals surface area (Å²) < 4.78 is 14.6. The predicted octanol–water partition coefficient (Wildman–Crippen LogP) is 3.72. The normalized spacial score (nSPS) is 22.5. The van der Waals surface area contributed by atoms with Gasteiger partial charge in [-0.25, -0.2) is 4.39 Å². The van der Waals surface area contributed by atoms with Gasteiger partial charge in [-0.1, -0.05) is 12.1 Å². The Kier molecular flexibility index (Phi) is 5.67. The first-order valence-corrected chi connectivity index (χ1v) is 9.08. The Morgan fingerprint density at radius 2 is 2.08 bits per heavy atom. The van der Waals surface area contributed by atoms with Crippen LogP contribution in [0.15, 0.2) is 35.1 Å². The number of nitrogens with one attached hydrogen (secondary N) is 1. The zero-order valence-corrected chi connectivity index (χ0v) is 14.8. The molecule has 1 aromatic carbocycles. The number of likely N-dealkylation sites (tertiary alicyclic amines) is 1. The molecule has 1 fully saturated rings. The van der Waals surface area contributed by atoms with Crippen LogP contribution in [0.25, 0.3) is 0 Å². The largest absolute Gasteiger partial charge is 0.387 e. The minimum atomic E-state index is -0.0303. The summed E-state index contributed by atoms with van der Waals surface area (Å²) in [6, 6.07) is 5.87. The molecule has 2 heterocycles. The van der Waals surface area contributed by atoms with E-state index in [0.717, 1.165) is 56.4 Å². The van der Waals surface area contributed by atoms with Gasteiger partial charge < -0.3 is 10.2 Å². The Morgan fingerprint density at radius 1 is 1.29 bits per heavy atom. The Hall–Kier alpha value is -1.68. The topological polar surface area (TPSA) is 27.6 Å². The number of benzene rings is 1. The highest BCUT2D eigenvalue weighted by Gasteiger charge is 2.21. The maximum atomic E-state index is 14.6. The van der Waals surface area contributed by atoms with Crippen molar-refractivity contribution in [3.05, 3.63) is 47.0 Å². The van der Waals surface area contributed by atoms with Crippen LogP contribution in [0.3, 0.4) is 0 Å². The second-order valence-corrected chi connectivity index (χ2v) is 7.08. The molecule has 3 rings (SSSR count). The number of nitrogens with zero attached hydrogens (tertiary/aromatic N) is 2. The molecule has 1 atom stereocenters. The van der Waals surface area contributed by atoms with E-state index < -0.39 is 0 Å². The number of allylic oxidation sites excluding steroid dienone is 1. The Balaban J connectivity index is 1.63. The predicted molar refractivity (Wildman–Crippen MR) is 97.9 cm³/mol. The molecule has 0 amide bonds. The number of rotatable bonds is 5. The fourth-order valence-electron chi connectivity index (χ4n) is 3.76. The number of halogens is 1. The van der Waals surface area contributed by atoms with Crippen LogP contribution in [0.4, 0.5) is 4.39 Å². The molecule has 24 heavy (non-hydrogen) atoms. The van der Waals surface area contributed by atoms with Gasteiger partial charge in [-0.2, -0.15) is 0 Å². The number of hydrogen-bond acceptors (Lipinski definition) is 3. The van der Waals surface area contributed by atoms with Crippen LogP contribution in [0.2, 0.25) is 0 Å². The molecule has 0 bridgehead atoms. The van der Waals surface area contributed by atoms with E-state index in [1.807, 2.05) is 18.5 Å². The fourth-order valence-corrected chi connectivity index (χ4v) is 3.76. The molecule has 0 aliphatic carbocycles. The zero-order valence-electron chi connectivity index (χ0n) is 14.8. The van der Waals surface area contributed by atoms with Crippen molar-refractivity contribution in [3.8, 4) is 0 Å². The van der Waals surface area contributed by atoms with E-state index in [9.17, 15) is 4.39 Å². The average Bonchev–Trinajstić information content (AvgIpc) is 2.57. The molecule has 0 radical (unpaired) electrons. The Morgan fingerprint density at radius 3 is 2.79 bits per heavy atom. The summed E-state index contributed by atoms with van der Waals surface area (Å²) in [5.74, 6) is 0.685. The fraction of sp³-hybridized carbons (Fsp3) is 0.550. The highest BCUT2D eigenvalue weighted by Crippen LogP contribution is 2.30. The molecule has 1 N–H and O–H groups in total. The molecule has 0 spiro atoms. The van der Waals surface area contributed by atoms with E-state index in [4.69, 9.17) is 0 Å². The number of piperidine rings is 1. The van der Waals surface area contributed by atoms with Crippen LogP contribution >= 0.6 is 0 Å². The lowest BCUT2D eigenvalue weighted by Gasteiger charge is -2.29. The molecule has 1 unspecified atom stereocenters. The van der Waals surface area contributed by atoms with E-state index >= 15 is 0 Å². The van der Waals surface area contributed by atoms with Crippen LogP contribution in [-0.4, -0.2) is 37.8 Å². The van der Waals surface area contributed by atoms with E-state index in [2.05, 4.69) is 35.2 Å². The summed E-state index contributed by atoms with van der Waals surface area (Å²) >= 11 is 0. The second kappa shape index (κ2) is 7.93. The van der Waals surface area contributed by atoms with E-state index in [1.165, 1.54) is 5.70 Å². The standard InChI is InChI=1S/C20H28FN3/c1-3-23-18-11-16(13-22-14-18)10-15-4-5-19(20(21)12-15)17-6-8-24(2)9-7-17/h4-5,12-14,16-17,23H,3,6-11H2,1-2H3. The van der Waals surface area contributed by atoms with Crippen molar-refractivity contribution in [1.29, 1.82) is 0 Å². The molecule has 1 saturated heterocycles. The molecule has 0 aromatic heterocycles. The summed E-state index contributed by atoms with van der Waals surface area (Å²) in [7, 11) is 2.14.